The van der Waals surface area contributed by atoms with Gasteiger partial charge in [-0.3, -0.25) is 14.9 Å². The third-order valence-corrected chi connectivity index (χ3v) is 5.14. The zero-order valence-corrected chi connectivity index (χ0v) is 17.5. The molecule has 32 heavy (non-hydrogen) atoms. The van der Waals surface area contributed by atoms with Crippen LogP contribution in [-0.4, -0.2) is 35.9 Å². The van der Waals surface area contributed by atoms with Crippen LogP contribution in [-0.2, 0) is 17.9 Å². The fourth-order valence-electron chi connectivity index (χ4n) is 2.98. The minimum absolute atomic E-state index is 0.0611. The second kappa shape index (κ2) is 9.35. The van der Waals surface area contributed by atoms with Gasteiger partial charge in [0.2, 0.25) is 11.9 Å². The highest BCUT2D eigenvalue weighted by molar-refractivity contribution is 7.14. The minimum atomic E-state index is -0.566. The van der Waals surface area contributed by atoms with Gasteiger partial charge in [0.15, 0.2) is 5.13 Å². The molecule has 4 aromatic rings. The Morgan fingerprint density at radius 2 is 2.06 bits per heavy atom. The number of rotatable bonds is 8. The highest BCUT2D eigenvalue weighted by Crippen LogP contribution is 2.19. The molecule has 2 amide bonds. The molecule has 0 aliphatic heterocycles. The number of nitrogens with two attached hydrogens (primary N) is 1. The van der Waals surface area contributed by atoms with Crippen LogP contribution >= 0.6 is 11.3 Å². The van der Waals surface area contributed by atoms with Gasteiger partial charge in [0.05, 0.1) is 17.7 Å². The van der Waals surface area contributed by atoms with E-state index in [-0.39, 0.29) is 12.5 Å². The number of carbonyl (C=O) groups excluding carboxylic acids is 2. The summed E-state index contributed by atoms with van der Waals surface area (Å²) in [6.07, 6.45) is 9.86. The second-order valence-corrected chi connectivity index (χ2v) is 7.67. The summed E-state index contributed by atoms with van der Waals surface area (Å²) in [4.78, 5) is 35.8. The van der Waals surface area contributed by atoms with Gasteiger partial charge < -0.3 is 14.9 Å². The van der Waals surface area contributed by atoms with E-state index in [1.807, 2.05) is 0 Å². The third-order valence-electron chi connectivity index (χ3n) is 4.36. The van der Waals surface area contributed by atoms with Gasteiger partial charge in [-0.05, 0) is 42.0 Å². The topological polar surface area (TPSA) is 121 Å². The molecule has 0 bridgehead atoms. The Labute approximate surface area is 186 Å². The van der Waals surface area contributed by atoms with Crippen LogP contribution in [0.3, 0.4) is 0 Å². The normalized spacial score (nSPS) is 11.2. The van der Waals surface area contributed by atoms with Gasteiger partial charge in [-0.1, -0.05) is 0 Å². The highest BCUT2D eigenvalue weighted by Gasteiger charge is 2.13. The summed E-state index contributed by atoms with van der Waals surface area (Å²) in [6, 6.07) is 6.46. The summed E-state index contributed by atoms with van der Waals surface area (Å²) in [6.45, 7) is 0.398. The lowest BCUT2D eigenvalue weighted by Gasteiger charge is -2.09. The number of anilines is 1. The molecule has 4 rings (SSSR count). The quantitative estimate of drug-likeness (QED) is 0.399. The first-order valence-corrected chi connectivity index (χ1v) is 10.3. The Bertz CT molecular complexity index is 1290. The van der Waals surface area contributed by atoms with E-state index in [1.54, 1.807) is 57.3 Å². The van der Waals surface area contributed by atoms with Crippen LogP contribution in [0.1, 0.15) is 27.4 Å². The third kappa shape index (κ3) is 5.32. The summed E-state index contributed by atoms with van der Waals surface area (Å²) in [7, 11) is 0. The molecule has 0 fully saturated rings. The molecule has 11 heteroatoms. The summed E-state index contributed by atoms with van der Waals surface area (Å²) < 4.78 is 16.6. The minimum Gasteiger partial charge on any atom is -0.368 e. The SMILES string of the molecule is NC(=O)Cn1cnc(/C=C/c2csc(NC(=O)c3cccn3Cc3ccnc(F)c3)n2)c1. The van der Waals surface area contributed by atoms with Gasteiger partial charge in [-0.25, -0.2) is 15.0 Å². The Balaban J connectivity index is 1.40. The number of nitrogens with zero attached hydrogens (tertiary/aromatic N) is 5. The summed E-state index contributed by atoms with van der Waals surface area (Å²) in [5, 5.41) is 5.02. The lowest BCUT2D eigenvalue weighted by molar-refractivity contribution is -0.118. The number of pyridine rings is 1. The smallest absolute Gasteiger partial charge is 0.274 e. The van der Waals surface area contributed by atoms with Crippen molar-refractivity contribution >= 4 is 40.4 Å². The first-order chi connectivity index (χ1) is 15.5. The Kier molecular flexibility index (Phi) is 6.17. The maximum Gasteiger partial charge on any atom is 0.274 e. The molecule has 4 aromatic heterocycles. The van der Waals surface area contributed by atoms with Crippen molar-refractivity contribution in [3.63, 3.8) is 0 Å². The van der Waals surface area contributed by atoms with E-state index in [0.717, 1.165) is 0 Å². The number of amides is 2. The van der Waals surface area contributed by atoms with Crippen molar-refractivity contribution in [1.29, 1.82) is 0 Å². The van der Waals surface area contributed by atoms with Crippen LogP contribution < -0.4 is 11.1 Å². The summed E-state index contributed by atoms with van der Waals surface area (Å²) in [5.74, 6) is -1.33. The van der Waals surface area contributed by atoms with Crippen LogP contribution in [0.4, 0.5) is 9.52 Å². The molecular weight excluding hydrogens is 433 g/mol. The molecule has 0 atom stereocenters. The Morgan fingerprint density at radius 1 is 1.22 bits per heavy atom. The zero-order valence-electron chi connectivity index (χ0n) is 16.7. The molecule has 0 saturated carbocycles. The lowest BCUT2D eigenvalue weighted by Crippen LogP contribution is -2.17. The average Bonchev–Trinajstić information content (AvgIpc) is 3.48. The second-order valence-electron chi connectivity index (χ2n) is 6.81. The molecule has 0 radical (unpaired) electrons. The number of hydrogen-bond donors (Lipinski definition) is 2. The number of thiazole rings is 1. The molecule has 0 spiro atoms. The Hall–Kier alpha value is -4.12. The van der Waals surface area contributed by atoms with Gasteiger partial charge in [0.25, 0.3) is 5.91 Å². The summed E-state index contributed by atoms with van der Waals surface area (Å²) >= 11 is 1.29. The van der Waals surface area contributed by atoms with Crippen molar-refractivity contribution in [1.82, 2.24) is 24.1 Å². The number of imidazole rings is 1. The van der Waals surface area contributed by atoms with Crippen LogP contribution in [0.2, 0.25) is 0 Å². The number of aromatic nitrogens is 5. The van der Waals surface area contributed by atoms with Gasteiger partial charge in [-0.2, -0.15) is 4.39 Å². The molecule has 4 heterocycles. The molecule has 0 aliphatic carbocycles. The molecular formula is C21H18FN7O2S. The van der Waals surface area contributed by atoms with E-state index in [4.69, 9.17) is 5.73 Å². The van der Waals surface area contributed by atoms with E-state index in [9.17, 15) is 14.0 Å². The van der Waals surface area contributed by atoms with Crippen LogP contribution in [0, 0.1) is 5.95 Å². The van der Waals surface area contributed by atoms with E-state index >= 15 is 0 Å². The average molecular weight is 451 g/mol. The number of hydrogen-bond acceptors (Lipinski definition) is 6. The molecule has 3 N–H and O–H groups in total. The predicted octanol–water partition coefficient (Wildman–Crippen LogP) is 2.63. The standard InChI is InChI=1S/C21H18FN7O2S/c22-18-8-14(5-6-24-18)9-29-7-1-2-17(29)20(31)27-21-26-16(12-32-21)4-3-15-10-28(13-25-15)11-19(23)30/h1-8,10,12-13H,9,11H2,(H2,23,30)(H,26,27,31)/b4-3+. The number of carbonyl (C=O) groups is 2. The van der Waals surface area contributed by atoms with E-state index in [0.29, 0.717) is 34.3 Å². The first-order valence-electron chi connectivity index (χ1n) is 9.47. The van der Waals surface area contributed by atoms with Gasteiger partial charge in [0, 0.05) is 30.5 Å². The monoisotopic (exact) mass is 451 g/mol. The van der Waals surface area contributed by atoms with Crippen molar-refractivity contribution in [2.45, 2.75) is 13.1 Å². The van der Waals surface area contributed by atoms with Gasteiger partial charge >= 0.3 is 0 Å². The molecule has 0 aromatic carbocycles. The zero-order chi connectivity index (χ0) is 22.5. The molecule has 162 valence electrons. The van der Waals surface area contributed by atoms with Crippen molar-refractivity contribution in [3.8, 4) is 0 Å². The molecule has 0 saturated heterocycles. The fourth-order valence-corrected chi connectivity index (χ4v) is 3.65. The largest absolute Gasteiger partial charge is 0.368 e. The van der Waals surface area contributed by atoms with Gasteiger partial charge in [-0.15, -0.1) is 11.3 Å². The fraction of sp³-hybridized carbons (Fsp3) is 0.0952. The maximum absolute atomic E-state index is 13.3. The van der Waals surface area contributed by atoms with E-state index in [1.165, 1.54) is 29.9 Å². The first kappa shape index (κ1) is 21.1. The number of nitrogens with one attached hydrogen (secondary N) is 1. The van der Waals surface area contributed by atoms with Crippen LogP contribution in [0.5, 0.6) is 0 Å². The van der Waals surface area contributed by atoms with Crippen molar-refractivity contribution in [2.24, 2.45) is 5.73 Å². The predicted molar refractivity (Wildman–Crippen MR) is 118 cm³/mol. The van der Waals surface area contributed by atoms with Crippen molar-refractivity contribution < 1.29 is 14.0 Å². The number of primary amides is 1. The van der Waals surface area contributed by atoms with Gasteiger partial charge in [0.1, 0.15) is 12.2 Å². The highest BCUT2D eigenvalue weighted by atomic mass is 32.1. The van der Waals surface area contributed by atoms with Crippen LogP contribution in [0.25, 0.3) is 12.2 Å². The lowest BCUT2D eigenvalue weighted by atomic mass is 10.2. The maximum atomic E-state index is 13.3. The van der Waals surface area contributed by atoms with Crippen LogP contribution in [0.15, 0.2) is 54.6 Å². The van der Waals surface area contributed by atoms with E-state index in [2.05, 4.69) is 20.3 Å². The Morgan fingerprint density at radius 3 is 2.88 bits per heavy atom. The molecule has 0 unspecified atom stereocenters. The molecule has 9 nitrogen and oxygen atoms in total. The van der Waals surface area contributed by atoms with Crippen molar-refractivity contribution in [2.75, 3.05) is 5.32 Å². The molecule has 0 aliphatic rings. The van der Waals surface area contributed by atoms with E-state index < -0.39 is 11.9 Å². The summed E-state index contributed by atoms with van der Waals surface area (Å²) in [5.41, 5.74) is 7.58. The number of halogens is 1. The van der Waals surface area contributed by atoms with Crippen molar-refractivity contribution in [3.05, 3.63) is 83.2 Å².